The average Bonchev–Trinajstić information content (AvgIpc) is 2.57. The summed E-state index contributed by atoms with van der Waals surface area (Å²) in [4.78, 5) is 11.8. The molecule has 0 unspecified atom stereocenters. The molecular weight excluding hydrogens is 294 g/mol. The van der Waals surface area contributed by atoms with Crippen molar-refractivity contribution in [1.29, 1.82) is 0 Å². The smallest absolute Gasteiger partial charge is 0.339 e. The van der Waals surface area contributed by atoms with E-state index >= 15 is 0 Å². The largest absolute Gasteiger partial charge is 0.497 e. The zero-order chi connectivity index (χ0) is 16.5. The molecule has 0 saturated carbocycles. The van der Waals surface area contributed by atoms with Crippen LogP contribution >= 0.6 is 0 Å². The van der Waals surface area contributed by atoms with E-state index in [1.165, 1.54) is 0 Å². The summed E-state index contributed by atoms with van der Waals surface area (Å²) in [6, 6.07) is 14.0. The Morgan fingerprint density at radius 2 is 1.91 bits per heavy atom. The maximum atomic E-state index is 11.8. The lowest BCUT2D eigenvalue weighted by atomic mass is 10.2. The maximum Gasteiger partial charge on any atom is 0.339 e. The Morgan fingerprint density at radius 3 is 2.61 bits per heavy atom. The highest BCUT2D eigenvalue weighted by molar-refractivity contribution is 5.90. The van der Waals surface area contributed by atoms with Gasteiger partial charge in [-0.1, -0.05) is 12.1 Å². The van der Waals surface area contributed by atoms with Crippen molar-refractivity contribution in [2.24, 2.45) is 5.10 Å². The minimum absolute atomic E-state index is 0.430. The predicted molar refractivity (Wildman–Crippen MR) is 90.4 cm³/mol. The van der Waals surface area contributed by atoms with Gasteiger partial charge in [0.25, 0.3) is 0 Å². The van der Waals surface area contributed by atoms with Crippen LogP contribution in [-0.4, -0.2) is 26.0 Å². The molecule has 0 bridgehead atoms. The monoisotopic (exact) mass is 313 g/mol. The van der Waals surface area contributed by atoms with Crippen LogP contribution in [0.1, 0.15) is 12.5 Å². The fraction of sp³-hybridized carbons (Fsp3) is 0.176. The molecule has 0 aromatic heterocycles. The molecule has 0 saturated heterocycles. The first kappa shape index (κ1) is 16.4. The number of benzene rings is 2. The summed E-state index contributed by atoms with van der Waals surface area (Å²) in [5, 5.41) is 6.59. The Labute approximate surface area is 135 Å². The van der Waals surface area contributed by atoms with Crippen LogP contribution in [0.2, 0.25) is 0 Å². The second-order valence-electron chi connectivity index (χ2n) is 4.52. The van der Waals surface area contributed by atoms with Crippen molar-refractivity contribution in [3.63, 3.8) is 0 Å². The molecule has 0 spiro atoms. The van der Waals surface area contributed by atoms with Gasteiger partial charge in [0.2, 0.25) is 0 Å². The Kier molecular flexibility index (Phi) is 5.99. The van der Waals surface area contributed by atoms with Gasteiger partial charge < -0.3 is 14.8 Å². The molecule has 0 fully saturated rings. The molecule has 6 heteroatoms. The van der Waals surface area contributed by atoms with Crippen LogP contribution in [0.25, 0.3) is 0 Å². The minimum Gasteiger partial charge on any atom is -0.497 e. The number of nitrogens with zero attached hydrogens (tertiary/aromatic N) is 1. The highest BCUT2D eigenvalue weighted by Crippen LogP contribution is 2.16. The van der Waals surface area contributed by atoms with Gasteiger partial charge in [-0.25, -0.2) is 10.2 Å². The van der Waals surface area contributed by atoms with Gasteiger partial charge in [0.1, 0.15) is 11.5 Å². The first-order valence-corrected chi connectivity index (χ1v) is 7.19. The number of nitrogens with one attached hydrogen (secondary N) is 2. The van der Waals surface area contributed by atoms with Crippen LogP contribution in [0.15, 0.2) is 53.6 Å². The fourth-order valence-corrected chi connectivity index (χ4v) is 1.87. The Hall–Kier alpha value is -3.02. The fourth-order valence-electron chi connectivity index (χ4n) is 1.87. The summed E-state index contributed by atoms with van der Waals surface area (Å²) in [5.41, 5.74) is 3.85. The third kappa shape index (κ3) is 5.03. The molecule has 2 amide bonds. The molecule has 0 aliphatic rings. The molecule has 0 aliphatic carbocycles. The Balaban J connectivity index is 1.90. The summed E-state index contributed by atoms with van der Waals surface area (Å²) in [6.07, 6.45) is 1.54. The zero-order valence-electron chi connectivity index (χ0n) is 13.1. The quantitative estimate of drug-likeness (QED) is 0.635. The van der Waals surface area contributed by atoms with Crippen LogP contribution in [0, 0.1) is 0 Å². The summed E-state index contributed by atoms with van der Waals surface area (Å²) >= 11 is 0. The third-order valence-corrected chi connectivity index (χ3v) is 2.94. The SMILES string of the molecule is CCOc1ccccc1/C=N/NC(=O)Nc1ccc(OC)cc1. The summed E-state index contributed by atoms with van der Waals surface area (Å²) < 4.78 is 10.5. The van der Waals surface area contributed by atoms with Crippen LogP contribution in [0.3, 0.4) is 0 Å². The average molecular weight is 313 g/mol. The highest BCUT2D eigenvalue weighted by atomic mass is 16.5. The molecule has 0 heterocycles. The molecule has 0 radical (unpaired) electrons. The Bertz CT molecular complexity index is 669. The second kappa shape index (κ2) is 8.43. The van der Waals surface area contributed by atoms with Gasteiger partial charge in [-0.05, 0) is 43.3 Å². The molecule has 23 heavy (non-hydrogen) atoms. The van der Waals surface area contributed by atoms with E-state index in [0.717, 1.165) is 17.1 Å². The van der Waals surface area contributed by atoms with Crippen molar-refractivity contribution in [2.75, 3.05) is 19.0 Å². The highest BCUT2D eigenvalue weighted by Gasteiger charge is 2.01. The van der Waals surface area contributed by atoms with Crippen molar-refractivity contribution in [3.05, 3.63) is 54.1 Å². The molecule has 120 valence electrons. The number of hydrogen-bond donors (Lipinski definition) is 2. The first-order valence-electron chi connectivity index (χ1n) is 7.19. The van der Waals surface area contributed by atoms with Crippen molar-refractivity contribution in [2.45, 2.75) is 6.92 Å². The van der Waals surface area contributed by atoms with E-state index in [4.69, 9.17) is 9.47 Å². The van der Waals surface area contributed by atoms with Crippen molar-refractivity contribution in [3.8, 4) is 11.5 Å². The minimum atomic E-state index is -0.430. The standard InChI is InChI=1S/C17H19N3O3/c1-3-23-16-7-5-4-6-13(16)12-18-20-17(21)19-14-8-10-15(22-2)11-9-14/h4-12H,3H2,1-2H3,(H2,19,20,21)/b18-12+. The van der Waals surface area contributed by atoms with Crippen LogP contribution in [-0.2, 0) is 0 Å². The molecule has 6 nitrogen and oxygen atoms in total. The van der Waals surface area contributed by atoms with Crippen LogP contribution < -0.4 is 20.2 Å². The molecule has 2 aromatic carbocycles. The Morgan fingerprint density at radius 1 is 1.17 bits per heavy atom. The number of anilines is 1. The molecule has 2 aromatic rings. The lowest BCUT2D eigenvalue weighted by Gasteiger charge is -2.07. The maximum absolute atomic E-state index is 11.8. The molecule has 0 atom stereocenters. The number of methoxy groups -OCH3 is 1. The van der Waals surface area contributed by atoms with E-state index in [2.05, 4.69) is 15.8 Å². The topological polar surface area (TPSA) is 72.0 Å². The van der Waals surface area contributed by atoms with Gasteiger partial charge in [0.05, 0.1) is 19.9 Å². The molecule has 2 rings (SSSR count). The predicted octanol–water partition coefficient (Wildman–Crippen LogP) is 3.25. The lowest BCUT2D eigenvalue weighted by Crippen LogP contribution is -2.24. The van der Waals surface area contributed by atoms with Crippen molar-refractivity contribution < 1.29 is 14.3 Å². The number of ether oxygens (including phenoxy) is 2. The summed E-state index contributed by atoms with van der Waals surface area (Å²) in [5.74, 6) is 1.44. The van der Waals surface area contributed by atoms with E-state index in [1.54, 1.807) is 37.6 Å². The van der Waals surface area contributed by atoms with Gasteiger partial charge in [-0.3, -0.25) is 0 Å². The van der Waals surface area contributed by atoms with Gasteiger partial charge in [-0.2, -0.15) is 5.10 Å². The van der Waals surface area contributed by atoms with E-state index in [1.807, 2.05) is 31.2 Å². The number of carbonyl (C=O) groups is 1. The van der Waals surface area contributed by atoms with E-state index in [9.17, 15) is 4.79 Å². The molecule has 2 N–H and O–H groups in total. The normalized spacial score (nSPS) is 10.3. The number of amides is 2. The van der Waals surface area contributed by atoms with Crippen molar-refractivity contribution >= 4 is 17.9 Å². The third-order valence-electron chi connectivity index (χ3n) is 2.94. The number of para-hydroxylation sites is 1. The van der Waals surface area contributed by atoms with Gasteiger partial charge in [0.15, 0.2) is 0 Å². The van der Waals surface area contributed by atoms with Crippen LogP contribution in [0.4, 0.5) is 10.5 Å². The number of hydrazone groups is 1. The number of carbonyl (C=O) groups excluding carboxylic acids is 1. The van der Waals surface area contributed by atoms with E-state index < -0.39 is 6.03 Å². The summed E-state index contributed by atoms with van der Waals surface area (Å²) in [6.45, 7) is 2.48. The number of hydrogen-bond acceptors (Lipinski definition) is 4. The van der Waals surface area contributed by atoms with Crippen LogP contribution in [0.5, 0.6) is 11.5 Å². The van der Waals surface area contributed by atoms with Gasteiger partial charge in [-0.15, -0.1) is 0 Å². The van der Waals surface area contributed by atoms with Gasteiger partial charge in [0, 0.05) is 11.3 Å². The van der Waals surface area contributed by atoms with E-state index in [-0.39, 0.29) is 0 Å². The van der Waals surface area contributed by atoms with Crippen molar-refractivity contribution in [1.82, 2.24) is 5.43 Å². The van der Waals surface area contributed by atoms with E-state index in [0.29, 0.717) is 12.3 Å². The second-order valence-corrected chi connectivity index (χ2v) is 4.52. The van der Waals surface area contributed by atoms with Gasteiger partial charge >= 0.3 is 6.03 Å². The number of rotatable bonds is 6. The first-order chi connectivity index (χ1) is 11.2. The lowest BCUT2D eigenvalue weighted by molar-refractivity contribution is 0.252. The number of urea groups is 1. The molecular formula is C17H19N3O3. The summed E-state index contributed by atoms with van der Waals surface area (Å²) in [7, 11) is 1.59. The zero-order valence-corrected chi connectivity index (χ0v) is 13.1. The molecule has 0 aliphatic heterocycles.